The summed E-state index contributed by atoms with van der Waals surface area (Å²) >= 11 is 0. The van der Waals surface area contributed by atoms with E-state index in [4.69, 9.17) is 9.84 Å². The van der Waals surface area contributed by atoms with Crippen LogP contribution < -0.4 is 4.74 Å². The average molecular weight is 356 g/mol. The van der Waals surface area contributed by atoms with Gasteiger partial charge in [-0.05, 0) is 67.3 Å². The van der Waals surface area contributed by atoms with Crippen molar-refractivity contribution in [3.63, 3.8) is 0 Å². The SMILES string of the molecule is O=C(O)CCCCCOc1ccc(/C=C/C(=O)c2ccc(F)cc2)cc1. The van der Waals surface area contributed by atoms with Gasteiger partial charge in [0.25, 0.3) is 0 Å². The Labute approximate surface area is 151 Å². The lowest BCUT2D eigenvalue weighted by atomic mass is 10.1. The predicted molar refractivity (Wildman–Crippen MR) is 97.8 cm³/mol. The number of ketones is 1. The molecule has 0 amide bonds. The van der Waals surface area contributed by atoms with Gasteiger partial charge in [0, 0.05) is 12.0 Å². The summed E-state index contributed by atoms with van der Waals surface area (Å²) in [5.74, 6) is -0.604. The van der Waals surface area contributed by atoms with E-state index in [2.05, 4.69) is 0 Å². The predicted octanol–water partition coefficient (Wildman–Crippen LogP) is 4.75. The van der Waals surface area contributed by atoms with Crippen molar-refractivity contribution in [2.24, 2.45) is 0 Å². The second-order valence-corrected chi connectivity index (χ2v) is 5.83. The largest absolute Gasteiger partial charge is 0.494 e. The third kappa shape index (κ3) is 6.89. The molecular formula is C21H21FO4. The summed E-state index contributed by atoms with van der Waals surface area (Å²) in [6.07, 6.45) is 5.62. The monoisotopic (exact) mass is 356 g/mol. The molecule has 136 valence electrons. The van der Waals surface area contributed by atoms with E-state index in [1.807, 2.05) is 24.3 Å². The molecule has 0 spiro atoms. The second-order valence-electron chi connectivity index (χ2n) is 5.83. The fraction of sp³-hybridized carbons (Fsp3) is 0.238. The van der Waals surface area contributed by atoms with Gasteiger partial charge in [0.2, 0.25) is 0 Å². The Morgan fingerprint density at radius 1 is 0.962 bits per heavy atom. The van der Waals surface area contributed by atoms with Crippen LogP contribution >= 0.6 is 0 Å². The van der Waals surface area contributed by atoms with Crippen LogP contribution in [0.1, 0.15) is 41.6 Å². The lowest BCUT2D eigenvalue weighted by molar-refractivity contribution is -0.137. The Morgan fingerprint density at radius 2 is 1.65 bits per heavy atom. The Kier molecular flexibility index (Phi) is 7.55. The molecule has 2 aromatic carbocycles. The lowest BCUT2D eigenvalue weighted by Crippen LogP contribution is -1.99. The Balaban J connectivity index is 1.77. The summed E-state index contributed by atoms with van der Waals surface area (Å²) in [5, 5.41) is 8.55. The first-order valence-corrected chi connectivity index (χ1v) is 8.47. The fourth-order valence-electron chi connectivity index (χ4n) is 2.30. The van der Waals surface area contributed by atoms with Gasteiger partial charge < -0.3 is 9.84 Å². The van der Waals surface area contributed by atoms with Crippen molar-refractivity contribution in [3.8, 4) is 5.75 Å². The smallest absolute Gasteiger partial charge is 0.303 e. The molecule has 2 aromatic rings. The van der Waals surface area contributed by atoms with Crippen molar-refractivity contribution in [2.75, 3.05) is 6.61 Å². The first-order valence-electron chi connectivity index (χ1n) is 8.47. The van der Waals surface area contributed by atoms with Gasteiger partial charge in [-0.15, -0.1) is 0 Å². The van der Waals surface area contributed by atoms with Gasteiger partial charge in [-0.1, -0.05) is 18.2 Å². The Morgan fingerprint density at radius 3 is 2.31 bits per heavy atom. The van der Waals surface area contributed by atoms with Crippen LogP contribution in [0, 0.1) is 5.82 Å². The molecule has 4 nitrogen and oxygen atoms in total. The molecule has 0 unspecified atom stereocenters. The fourth-order valence-corrected chi connectivity index (χ4v) is 2.30. The number of carbonyl (C=O) groups is 2. The van der Waals surface area contributed by atoms with Crippen LogP contribution in [0.4, 0.5) is 4.39 Å². The minimum atomic E-state index is -0.771. The molecule has 0 heterocycles. The summed E-state index contributed by atoms with van der Waals surface area (Å²) in [6, 6.07) is 12.7. The van der Waals surface area contributed by atoms with Crippen molar-refractivity contribution >= 4 is 17.8 Å². The van der Waals surface area contributed by atoms with Crippen molar-refractivity contribution in [1.82, 2.24) is 0 Å². The zero-order valence-corrected chi connectivity index (χ0v) is 14.4. The molecule has 0 aliphatic rings. The van der Waals surface area contributed by atoms with E-state index >= 15 is 0 Å². The number of hydrogen-bond acceptors (Lipinski definition) is 3. The quantitative estimate of drug-likeness (QED) is 0.379. The van der Waals surface area contributed by atoms with Gasteiger partial charge in [-0.2, -0.15) is 0 Å². The highest BCUT2D eigenvalue weighted by atomic mass is 19.1. The molecular weight excluding hydrogens is 335 g/mol. The summed E-state index contributed by atoms with van der Waals surface area (Å²) < 4.78 is 18.5. The normalized spacial score (nSPS) is 10.8. The third-order valence-corrected chi connectivity index (χ3v) is 3.74. The molecule has 0 saturated carbocycles. The number of carbonyl (C=O) groups excluding carboxylic acids is 1. The highest BCUT2D eigenvalue weighted by molar-refractivity contribution is 6.06. The first kappa shape index (κ1) is 19.4. The second kappa shape index (κ2) is 10.1. The topological polar surface area (TPSA) is 63.6 Å². The maximum Gasteiger partial charge on any atom is 0.303 e. The number of ether oxygens (including phenoxy) is 1. The highest BCUT2D eigenvalue weighted by Gasteiger charge is 2.02. The Hall–Kier alpha value is -2.95. The number of aliphatic carboxylic acids is 1. The summed E-state index contributed by atoms with van der Waals surface area (Å²) in [5.41, 5.74) is 1.29. The maximum absolute atomic E-state index is 12.9. The molecule has 0 aliphatic carbocycles. The first-order chi connectivity index (χ1) is 12.5. The van der Waals surface area contributed by atoms with Crippen molar-refractivity contribution in [1.29, 1.82) is 0 Å². The number of unbranched alkanes of at least 4 members (excludes halogenated alkanes) is 2. The van der Waals surface area contributed by atoms with Gasteiger partial charge in [0.1, 0.15) is 11.6 Å². The average Bonchev–Trinajstić information content (AvgIpc) is 2.64. The molecule has 0 radical (unpaired) electrons. The number of rotatable bonds is 10. The number of carboxylic acids is 1. The standard InChI is InChI=1S/C21H21FO4/c22-18-10-8-17(9-11-18)20(23)14-7-16-5-12-19(13-6-16)26-15-3-1-2-4-21(24)25/h5-14H,1-4,15H2,(H,24,25)/b14-7+. The molecule has 1 N–H and O–H groups in total. The molecule has 0 atom stereocenters. The zero-order chi connectivity index (χ0) is 18.8. The number of carboxylic acid groups (broad SMARTS) is 1. The van der Waals surface area contributed by atoms with E-state index in [1.54, 1.807) is 6.08 Å². The summed E-state index contributed by atoms with van der Waals surface area (Å²) in [6.45, 7) is 0.540. The van der Waals surface area contributed by atoms with Crippen LogP contribution in [0.2, 0.25) is 0 Å². The molecule has 0 fully saturated rings. The van der Waals surface area contributed by atoms with E-state index in [9.17, 15) is 14.0 Å². The molecule has 0 aliphatic heterocycles. The third-order valence-electron chi connectivity index (χ3n) is 3.74. The van der Waals surface area contributed by atoms with Crippen LogP contribution in [0.5, 0.6) is 5.75 Å². The van der Waals surface area contributed by atoms with E-state index in [0.717, 1.165) is 24.2 Å². The molecule has 0 aromatic heterocycles. The van der Waals surface area contributed by atoms with Gasteiger partial charge >= 0.3 is 5.97 Å². The molecule has 0 bridgehead atoms. The molecule has 26 heavy (non-hydrogen) atoms. The van der Waals surface area contributed by atoms with Crippen LogP contribution in [-0.2, 0) is 4.79 Å². The van der Waals surface area contributed by atoms with Gasteiger partial charge in [0.15, 0.2) is 5.78 Å². The van der Waals surface area contributed by atoms with E-state index in [1.165, 1.54) is 30.3 Å². The molecule has 5 heteroatoms. The number of halogens is 1. The van der Waals surface area contributed by atoms with Crippen LogP contribution in [0.25, 0.3) is 6.08 Å². The summed E-state index contributed by atoms with van der Waals surface area (Å²) in [4.78, 5) is 22.4. The molecule has 0 saturated heterocycles. The Bertz CT molecular complexity index is 749. The van der Waals surface area contributed by atoms with Crippen LogP contribution in [0.3, 0.4) is 0 Å². The van der Waals surface area contributed by atoms with Crippen LogP contribution in [0.15, 0.2) is 54.6 Å². The van der Waals surface area contributed by atoms with E-state index in [0.29, 0.717) is 18.6 Å². The minimum Gasteiger partial charge on any atom is -0.494 e. The number of benzene rings is 2. The lowest BCUT2D eigenvalue weighted by Gasteiger charge is -2.06. The maximum atomic E-state index is 12.9. The number of hydrogen-bond donors (Lipinski definition) is 1. The van der Waals surface area contributed by atoms with E-state index in [-0.39, 0.29) is 18.0 Å². The van der Waals surface area contributed by atoms with E-state index < -0.39 is 5.97 Å². The van der Waals surface area contributed by atoms with Gasteiger partial charge in [0.05, 0.1) is 6.61 Å². The van der Waals surface area contributed by atoms with Gasteiger partial charge in [-0.3, -0.25) is 9.59 Å². The van der Waals surface area contributed by atoms with Crippen molar-refractivity contribution in [2.45, 2.75) is 25.7 Å². The minimum absolute atomic E-state index is 0.188. The number of allylic oxidation sites excluding steroid dienone is 1. The van der Waals surface area contributed by atoms with Crippen molar-refractivity contribution in [3.05, 3.63) is 71.6 Å². The van der Waals surface area contributed by atoms with Gasteiger partial charge in [-0.25, -0.2) is 4.39 Å². The molecule has 2 rings (SSSR count). The highest BCUT2D eigenvalue weighted by Crippen LogP contribution is 2.14. The summed E-state index contributed by atoms with van der Waals surface area (Å²) in [7, 11) is 0. The van der Waals surface area contributed by atoms with Crippen LogP contribution in [-0.4, -0.2) is 23.5 Å². The zero-order valence-electron chi connectivity index (χ0n) is 14.4. The van der Waals surface area contributed by atoms with Crippen molar-refractivity contribution < 1.29 is 23.8 Å².